The molecular weight excluding hydrogens is 228 g/mol. The topological polar surface area (TPSA) is 46.5 Å². The van der Waals surface area contributed by atoms with Gasteiger partial charge in [0.25, 0.3) is 0 Å². The molecule has 0 bridgehead atoms. The van der Waals surface area contributed by atoms with Gasteiger partial charge < -0.3 is 9.84 Å². The molecule has 0 heterocycles. The maximum atomic E-state index is 11.5. The van der Waals surface area contributed by atoms with Gasteiger partial charge in [-0.15, -0.1) is 0 Å². The summed E-state index contributed by atoms with van der Waals surface area (Å²) in [5, 5.41) is 9.87. The molecule has 1 aromatic carbocycles. The number of hydrogen-bond acceptors (Lipinski definition) is 3. The Morgan fingerprint density at radius 1 is 1.39 bits per heavy atom. The summed E-state index contributed by atoms with van der Waals surface area (Å²) in [6.07, 6.45) is -1.17. The van der Waals surface area contributed by atoms with E-state index in [9.17, 15) is 9.90 Å². The van der Waals surface area contributed by atoms with E-state index in [0.29, 0.717) is 0 Å². The number of hydrogen-bond donors (Lipinski definition) is 1. The van der Waals surface area contributed by atoms with Crippen LogP contribution in [-0.4, -0.2) is 23.8 Å². The van der Waals surface area contributed by atoms with Gasteiger partial charge in [-0.05, 0) is 25.0 Å². The minimum Gasteiger partial charge on any atom is -0.464 e. The van der Waals surface area contributed by atoms with Crippen LogP contribution in [0, 0.1) is 12.8 Å². The smallest absolute Gasteiger partial charge is 0.335 e. The fourth-order valence-corrected chi connectivity index (χ4v) is 1.65. The second-order valence-electron chi connectivity index (χ2n) is 4.38. The van der Waals surface area contributed by atoms with E-state index < -0.39 is 12.1 Å². The van der Waals surface area contributed by atoms with Crippen molar-refractivity contribution >= 4 is 11.5 Å². The molecule has 0 saturated carbocycles. The van der Waals surface area contributed by atoms with Crippen LogP contribution in [0.2, 0.25) is 0 Å². The van der Waals surface area contributed by atoms with Gasteiger partial charge in [-0.3, -0.25) is 0 Å². The van der Waals surface area contributed by atoms with Crippen LogP contribution in [0.3, 0.4) is 0 Å². The van der Waals surface area contributed by atoms with Gasteiger partial charge in [0.15, 0.2) is 6.10 Å². The second kappa shape index (κ2) is 6.36. The minimum absolute atomic E-state index is 0.264. The van der Waals surface area contributed by atoms with Crippen LogP contribution < -0.4 is 0 Å². The first-order valence-electron chi connectivity index (χ1n) is 6.08. The number of aryl methyl sites for hydroxylation is 1. The number of benzene rings is 1. The summed E-state index contributed by atoms with van der Waals surface area (Å²) in [6, 6.07) is 7.83. The fraction of sp³-hybridized carbons (Fsp3) is 0.400. The molecule has 2 atom stereocenters. The molecule has 3 heteroatoms. The first kappa shape index (κ1) is 14.5. The van der Waals surface area contributed by atoms with E-state index in [2.05, 4.69) is 6.58 Å². The maximum Gasteiger partial charge on any atom is 0.335 e. The Morgan fingerprint density at radius 3 is 2.44 bits per heavy atom. The molecule has 0 aliphatic rings. The molecule has 0 fully saturated rings. The van der Waals surface area contributed by atoms with Gasteiger partial charge >= 0.3 is 5.97 Å². The van der Waals surface area contributed by atoms with Gasteiger partial charge in [0, 0.05) is 5.92 Å². The van der Waals surface area contributed by atoms with E-state index in [4.69, 9.17) is 4.74 Å². The number of ether oxygens (including phenoxy) is 1. The highest BCUT2D eigenvalue weighted by molar-refractivity contribution is 5.79. The Bertz CT molecular complexity index is 420. The Balaban J connectivity index is 2.77. The number of aliphatic hydroxyl groups is 1. The van der Waals surface area contributed by atoms with E-state index in [0.717, 1.165) is 16.7 Å². The highest BCUT2D eigenvalue weighted by Gasteiger charge is 2.26. The first-order chi connectivity index (χ1) is 8.47. The van der Waals surface area contributed by atoms with Crippen LogP contribution in [0.5, 0.6) is 0 Å². The van der Waals surface area contributed by atoms with Crippen molar-refractivity contribution in [3.63, 3.8) is 0 Å². The van der Waals surface area contributed by atoms with Crippen molar-refractivity contribution in [2.24, 2.45) is 5.92 Å². The van der Waals surface area contributed by atoms with Crippen LogP contribution in [-0.2, 0) is 9.53 Å². The molecule has 18 heavy (non-hydrogen) atoms. The second-order valence-corrected chi connectivity index (χ2v) is 4.38. The average molecular weight is 248 g/mol. The standard InChI is InChI=1S/C15H20O3/c1-5-18-15(17)14(16)12(4)11(3)13-8-6-10(2)7-9-13/h6-9,12,14,16H,3,5H2,1-2,4H3/t12-,14-/m1/s1. The van der Waals surface area contributed by atoms with E-state index >= 15 is 0 Å². The van der Waals surface area contributed by atoms with E-state index in [1.807, 2.05) is 31.2 Å². The van der Waals surface area contributed by atoms with Crippen LogP contribution in [0.4, 0.5) is 0 Å². The van der Waals surface area contributed by atoms with Crippen molar-refractivity contribution in [3.8, 4) is 0 Å². The first-order valence-corrected chi connectivity index (χ1v) is 6.08. The van der Waals surface area contributed by atoms with Crippen LogP contribution >= 0.6 is 0 Å². The zero-order chi connectivity index (χ0) is 13.7. The molecule has 1 aromatic rings. The maximum absolute atomic E-state index is 11.5. The number of aliphatic hydroxyl groups excluding tert-OH is 1. The summed E-state index contributed by atoms with van der Waals surface area (Å²) < 4.78 is 4.80. The van der Waals surface area contributed by atoms with Crippen molar-refractivity contribution < 1.29 is 14.6 Å². The summed E-state index contributed by atoms with van der Waals surface area (Å²) in [7, 11) is 0. The third-order valence-electron chi connectivity index (χ3n) is 2.97. The molecule has 1 rings (SSSR count). The monoisotopic (exact) mass is 248 g/mol. The minimum atomic E-state index is -1.17. The zero-order valence-electron chi connectivity index (χ0n) is 11.1. The molecule has 1 N–H and O–H groups in total. The van der Waals surface area contributed by atoms with Gasteiger partial charge in [-0.25, -0.2) is 4.79 Å². The van der Waals surface area contributed by atoms with Crippen molar-refractivity contribution in [1.82, 2.24) is 0 Å². The molecule has 0 saturated heterocycles. The van der Waals surface area contributed by atoms with Crippen molar-refractivity contribution in [1.29, 1.82) is 0 Å². The molecule has 0 aromatic heterocycles. The molecule has 98 valence electrons. The van der Waals surface area contributed by atoms with Crippen molar-refractivity contribution in [3.05, 3.63) is 42.0 Å². The van der Waals surface area contributed by atoms with Gasteiger partial charge in [-0.1, -0.05) is 43.3 Å². The lowest BCUT2D eigenvalue weighted by molar-refractivity contribution is -0.154. The Morgan fingerprint density at radius 2 is 1.94 bits per heavy atom. The van der Waals surface area contributed by atoms with Gasteiger partial charge in [0.1, 0.15) is 0 Å². The van der Waals surface area contributed by atoms with Crippen LogP contribution in [0.25, 0.3) is 5.57 Å². The van der Waals surface area contributed by atoms with Crippen LogP contribution in [0.15, 0.2) is 30.8 Å². The highest BCUT2D eigenvalue weighted by atomic mass is 16.5. The lowest BCUT2D eigenvalue weighted by Gasteiger charge is -2.20. The molecule has 3 nitrogen and oxygen atoms in total. The molecular formula is C15H20O3. The SMILES string of the molecule is C=C(c1ccc(C)cc1)[C@@H](C)[C@@H](O)C(=O)OCC. The summed E-state index contributed by atoms with van der Waals surface area (Å²) in [5.74, 6) is -0.968. The van der Waals surface area contributed by atoms with E-state index in [1.165, 1.54) is 0 Å². The third-order valence-corrected chi connectivity index (χ3v) is 2.97. The number of rotatable bonds is 5. The van der Waals surface area contributed by atoms with Crippen molar-refractivity contribution in [2.75, 3.05) is 6.61 Å². The quantitative estimate of drug-likeness (QED) is 0.815. The molecule has 0 unspecified atom stereocenters. The highest BCUT2D eigenvalue weighted by Crippen LogP contribution is 2.25. The summed E-state index contributed by atoms with van der Waals surface area (Å²) in [4.78, 5) is 11.5. The number of carbonyl (C=O) groups is 1. The predicted octanol–water partition coefficient (Wildman–Crippen LogP) is 2.57. The number of carbonyl (C=O) groups excluding carboxylic acids is 1. The predicted molar refractivity (Wildman–Crippen MR) is 72.0 cm³/mol. The summed E-state index contributed by atoms with van der Waals surface area (Å²) >= 11 is 0. The number of esters is 1. The van der Waals surface area contributed by atoms with Gasteiger partial charge in [0.05, 0.1) is 6.61 Å². The molecule has 0 radical (unpaired) electrons. The summed E-state index contributed by atoms with van der Waals surface area (Å²) in [6.45, 7) is 9.70. The molecule has 0 aliphatic heterocycles. The fourth-order valence-electron chi connectivity index (χ4n) is 1.65. The largest absolute Gasteiger partial charge is 0.464 e. The Kier molecular flexibility index (Phi) is 5.10. The average Bonchev–Trinajstić information content (AvgIpc) is 2.37. The Hall–Kier alpha value is -1.61. The lowest BCUT2D eigenvalue weighted by Crippen LogP contribution is -2.30. The normalized spacial score (nSPS) is 13.8. The lowest BCUT2D eigenvalue weighted by atomic mass is 9.90. The van der Waals surface area contributed by atoms with Gasteiger partial charge in [-0.2, -0.15) is 0 Å². The van der Waals surface area contributed by atoms with E-state index in [-0.39, 0.29) is 12.5 Å². The third kappa shape index (κ3) is 3.44. The molecule has 0 amide bonds. The van der Waals surface area contributed by atoms with Gasteiger partial charge in [0.2, 0.25) is 0 Å². The molecule has 0 aliphatic carbocycles. The zero-order valence-corrected chi connectivity index (χ0v) is 11.1. The van der Waals surface area contributed by atoms with E-state index in [1.54, 1.807) is 13.8 Å². The van der Waals surface area contributed by atoms with Crippen LogP contribution in [0.1, 0.15) is 25.0 Å². The summed E-state index contributed by atoms with van der Waals surface area (Å²) in [5.41, 5.74) is 2.82. The van der Waals surface area contributed by atoms with Crippen molar-refractivity contribution in [2.45, 2.75) is 26.9 Å². The Labute approximate surface area is 108 Å². The molecule has 0 spiro atoms.